The molecule has 0 atom stereocenters. The molecule has 10 heteroatoms. The van der Waals surface area contributed by atoms with Gasteiger partial charge in [-0.1, -0.05) is 0 Å². The lowest BCUT2D eigenvalue weighted by atomic mass is 10.1. The van der Waals surface area contributed by atoms with Crippen LogP contribution in [0.25, 0.3) is 11.3 Å². The molecule has 0 fully saturated rings. The highest BCUT2D eigenvalue weighted by atomic mass is 32.1. The van der Waals surface area contributed by atoms with Crippen LogP contribution in [0.15, 0.2) is 33.2 Å². The van der Waals surface area contributed by atoms with Crippen LogP contribution >= 0.6 is 11.3 Å². The zero-order valence-electron chi connectivity index (χ0n) is 14.8. The Bertz CT molecular complexity index is 1160. The van der Waals surface area contributed by atoms with Crippen molar-refractivity contribution in [2.45, 2.75) is 19.8 Å². The molecule has 0 aliphatic carbocycles. The third kappa shape index (κ3) is 3.67. The molecular formula is C18H16N4O5S. The van der Waals surface area contributed by atoms with Crippen LogP contribution < -0.4 is 26.0 Å². The van der Waals surface area contributed by atoms with Gasteiger partial charge in [0.2, 0.25) is 12.7 Å². The topological polar surface area (TPSA) is 126 Å². The highest BCUT2D eigenvalue weighted by Gasteiger charge is 2.16. The van der Waals surface area contributed by atoms with E-state index in [0.29, 0.717) is 33.6 Å². The second-order valence-corrected chi connectivity index (χ2v) is 7.02. The molecule has 0 unspecified atom stereocenters. The van der Waals surface area contributed by atoms with Crippen molar-refractivity contribution in [2.24, 2.45) is 0 Å². The van der Waals surface area contributed by atoms with Crippen LogP contribution in [0.1, 0.15) is 17.7 Å². The second-order valence-electron chi connectivity index (χ2n) is 6.17. The van der Waals surface area contributed by atoms with Crippen LogP contribution in [-0.4, -0.2) is 27.7 Å². The molecule has 3 heterocycles. The van der Waals surface area contributed by atoms with E-state index in [4.69, 9.17) is 9.47 Å². The van der Waals surface area contributed by atoms with Gasteiger partial charge in [-0.25, -0.2) is 9.78 Å². The fraction of sp³-hybridized carbons (Fsp3) is 0.222. The molecule has 0 spiro atoms. The minimum absolute atomic E-state index is 0.0922. The Morgan fingerprint density at radius 1 is 1.25 bits per heavy atom. The maximum absolute atomic E-state index is 12.2. The zero-order valence-corrected chi connectivity index (χ0v) is 15.6. The molecular weight excluding hydrogens is 384 g/mol. The molecule has 1 aliphatic heterocycles. The fourth-order valence-electron chi connectivity index (χ4n) is 2.87. The standard InChI is InChI=1S/C18H16N4O5S/c1-9-11(16(24)22-17(25)19-9)3-5-15(23)21-18-20-12(7-28-18)10-2-4-13-14(6-10)27-8-26-13/h2,4,6-7H,3,5,8H2,1H3,(H,20,21,23)(H2,19,22,24,25). The van der Waals surface area contributed by atoms with Gasteiger partial charge in [-0.05, 0) is 31.5 Å². The number of carbonyl (C=O) groups excluding carboxylic acids is 1. The van der Waals surface area contributed by atoms with Crippen molar-refractivity contribution in [2.75, 3.05) is 12.1 Å². The van der Waals surface area contributed by atoms with Crippen LogP contribution in [0.3, 0.4) is 0 Å². The quantitative estimate of drug-likeness (QED) is 0.599. The molecule has 144 valence electrons. The highest BCUT2D eigenvalue weighted by Crippen LogP contribution is 2.36. The van der Waals surface area contributed by atoms with Crippen LogP contribution in [0, 0.1) is 6.92 Å². The summed E-state index contributed by atoms with van der Waals surface area (Å²) in [6, 6.07) is 5.53. The third-order valence-corrected chi connectivity index (χ3v) is 5.03. The number of ether oxygens (including phenoxy) is 2. The van der Waals surface area contributed by atoms with E-state index in [1.54, 1.807) is 6.92 Å². The van der Waals surface area contributed by atoms with Gasteiger partial charge >= 0.3 is 5.69 Å². The SMILES string of the molecule is Cc1[nH]c(=O)[nH]c(=O)c1CCC(=O)Nc1nc(-c2ccc3c(c2)OCO3)cs1. The molecule has 0 saturated carbocycles. The minimum atomic E-state index is -0.561. The van der Waals surface area contributed by atoms with E-state index in [1.165, 1.54) is 11.3 Å². The zero-order chi connectivity index (χ0) is 19.7. The van der Waals surface area contributed by atoms with Crippen molar-refractivity contribution in [1.29, 1.82) is 0 Å². The van der Waals surface area contributed by atoms with Crippen LogP contribution in [0.4, 0.5) is 5.13 Å². The van der Waals surface area contributed by atoms with Crippen LogP contribution in [0.5, 0.6) is 11.5 Å². The lowest BCUT2D eigenvalue weighted by molar-refractivity contribution is -0.116. The first-order chi connectivity index (χ1) is 13.5. The van der Waals surface area contributed by atoms with Crippen molar-refractivity contribution in [1.82, 2.24) is 15.0 Å². The number of aromatic amines is 2. The summed E-state index contributed by atoms with van der Waals surface area (Å²) < 4.78 is 10.7. The number of carbonyl (C=O) groups is 1. The smallest absolute Gasteiger partial charge is 0.325 e. The molecule has 9 nitrogen and oxygen atoms in total. The number of aromatic nitrogens is 3. The maximum atomic E-state index is 12.2. The average Bonchev–Trinajstić information content (AvgIpc) is 3.29. The van der Waals surface area contributed by atoms with E-state index < -0.39 is 11.2 Å². The van der Waals surface area contributed by atoms with Crippen molar-refractivity contribution < 1.29 is 14.3 Å². The Balaban J connectivity index is 1.41. The normalized spacial score (nSPS) is 12.2. The van der Waals surface area contributed by atoms with Gasteiger partial charge in [-0.2, -0.15) is 0 Å². The first-order valence-electron chi connectivity index (χ1n) is 8.47. The summed E-state index contributed by atoms with van der Waals surface area (Å²) in [6.07, 6.45) is 0.305. The summed E-state index contributed by atoms with van der Waals surface area (Å²) in [5, 5.41) is 5.03. The molecule has 1 aliphatic rings. The van der Waals surface area contributed by atoms with Crippen molar-refractivity contribution in [3.8, 4) is 22.8 Å². The maximum Gasteiger partial charge on any atom is 0.325 e. The number of nitrogens with zero attached hydrogens (tertiary/aromatic N) is 1. The van der Waals surface area contributed by atoms with Gasteiger partial charge in [0.25, 0.3) is 5.56 Å². The van der Waals surface area contributed by atoms with Gasteiger partial charge in [0.1, 0.15) is 0 Å². The molecule has 2 aromatic heterocycles. The summed E-state index contributed by atoms with van der Waals surface area (Å²) in [4.78, 5) is 44.4. The van der Waals surface area contributed by atoms with Gasteiger partial charge in [-0.15, -0.1) is 11.3 Å². The van der Waals surface area contributed by atoms with E-state index in [2.05, 4.69) is 20.3 Å². The van der Waals surface area contributed by atoms with Gasteiger partial charge in [0.15, 0.2) is 16.6 Å². The van der Waals surface area contributed by atoms with E-state index in [-0.39, 0.29) is 25.5 Å². The van der Waals surface area contributed by atoms with E-state index in [9.17, 15) is 14.4 Å². The van der Waals surface area contributed by atoms with Crippen LogP contribution in [0.2, 0.25) is 0 Å². The molecule has 3 aromatic rings. The highest BCUT2D eigenvalue weighted by molar-refractivity contribution is 7.14. The van der Waals surface area contributed by atoms with Gasteiger partial charge in [0.05, 0.1) is 5.69 Å². The number of amides is 1. The van der Waals surface area contributed by atoms with Gasteiger partial charge in [0, 0.05) is 28.6 Å². The first kappa shape index (κ1) is 18.0. The molecule has 28 heavy (non-hydrogen) atoms. The number of fused-ring (bicyclic) bond motifs is 1. The molecule has 0 saturated heterocycles. The Morgan fingerprint density at radius 2 is 2.07 bits per heavy atom. The number of nitrogens with one attached hydrogen (secondary N) is 3. The second kappa shape index (κ2) is 7.31. The number of hydrogen-bond donors (Lipinski definition) is 3. The predicted molar refractivity (Wildman–Crippen MR) is 103 cm³/mol. The Kier molecular flexibility index (Phi) is 4.70. The summed E-state index contributed by atoms with van der Waals surface area (Å²) in [5.74, 6) is 1.09. The van der Waals surface area contributed by atoms with E-state index >= 15 is 0 Å². The van der Waals surface area contributed by atoms with E-state index in [1.807, 2.05) is 23.6 Å². The molecule has 1 aromatic carbocycles. The van der Waals surface area contributed by atoms with Gasteiger partial charge < -0.3 is 19.8 Å². The number of H-pyrrole nitrogens is 2. The lowest BCUT2D eigenvalue weighted by Crippen LogP contribution is -2.27. The third-order valence-electron chi connectivity index (χ3n) is 4.28. The predicted octanol–water partition coefficient (Wildman–Crippen LogP) is 1.80. The number of benzene rings is 1. The Hall–Kier alpha value is -3.40. The average molecular weight is 400 g/mol. The molecule has 4 rings (SSSR count). The molecule has 0 bridgehead atoms. The molecule has 1 amide bonds. The van der Waals surface area contributed by atoms with Gasteiger partial charge in [-0.3, -0.25) is 14.6 Å². The minimum Gasteiger partial charge on any atom is -0.454 e. The number of hydrogen-bond acceptors (Lipinski definition) is 7. The monoisotopic (exact) mass is 400 g/mol. The lowest BCUT2D eigenvalue weighted by Gasteiger charge is -2.04. The van der Waals surface area contributed by atoms with Crippen LogP contribution in [-0.2, 0) is 11.2 Å². The summed E-state index contributed by atoms with van der Waals surface area (Å²) >= 11 is 1.31. The molecule has 0 radical (unpaired) electrons. The first-order valence-corrected chi connectivity index (χ1v) is 9.35. The number of aryl methyl sites for hydroxylation is 1. The number of rotatable bonds is 5. The van der Waals surface area contributed by atoms with Crippen molar-refractivity contribution >= 4 is 22.4 Å². The van der Waals surface area contributed by atoms with Crippen molar-refractivity contribution in [3.05, 3.63) is 55.7 Å². The summed E-state index contributed by atoms with van der Waals surface area (Å²) in [7, 11) is 0. The number of anilines is 1. The number of thiazole rings is 1. The molecule has 3 N–H and O–H groups in total. The Morgan fingerprint density at radius 3 is 2.89 bits per heavy atom. The van der Waals surface area contributed by atoms with E-state index in [0.717, 1.165) is 5.56 Å². The summed E-state index contributed by atoms with van der Waals surface area (Å²) in [6.45, 7) is 1.83. The van der Waals surface area contributed by atoms with Crippen molar-refractivity contribution in [3.63, 3.8) is 0 Å². The Labute approximate surface area is 162 Å². The largest absolute Gasteiger partial charge is 0.454 e. The fourth-order valence-corrected chi connectivity index (χ4v) is 3.60. The summed E-state index contributed by atoms with van der Waals surface area (Å²) in [5.41, 5.74) is 1.38.